The smallest absolute Gasteiger partial charge is 0.257 e. The zero-order valence-electron chi connectivity index (χ0n) is 15.9. The molecule has 146 valence electrons. The van der Waals surface area contributed by atoms with Crippen molar-refractivity contribution in [2.24, 2.45) is 4.40 Å². The van der Waals surface area contributed by atoms with Gasteiger partial charge in [-0.05, 0) is 47.0 Å². The van der Waals surface area contributed by atoms with Crippen molar-refractivity contribution in [3.8, 4) is 0 Å². The van der Waals surface area contributed by atoms with Crippen molar-refractivity contribution in [1.29, 1.82) is 0 Å². The van der Waals surface area contributed by atoms with Crippen LogP contribution in [0.4, 0.5) is 11.4 Å². The van der Waals surface area contributed by atoms with Gasteiger partial charge in [0.15, 0.2) is 5.17 Å². The highest BCUT2D eigenvalue weighted by atomic mass is 32.2. The number of hydrogen-bond acceptors (Lipinski definition) is 5. The molecule has 2 aliphatic rings. The first kappa shape index (κ1) is 19.0. The maximum absolute atomic E-state index is 12.9. The van der Waals surface area contributed by atoms with Gasteiger partial charge < -0.3 is 10.2 Å². The molecule has 0 fully saturated rings. The van der Waals surface area contributed by atoms with Crippen LogP contribution in [0.25, 0.3) is 0 Å². The summed E-state index contributed by atoms with van der Waals surface area (Å²) in [6.45, 7) is 6.70. The van der Waals surface area contributed by atoms with Gasteiger partial charge >= 0.3 is 0 Å². The Morgan fingerprint density at radius 2 is 1.93 bits per heavy atom. The number of hydrogen-bond donors (Lipinski definition) is 1. The highest BCUT2D eigenvalue weighted by Crippen LogP contribution is 2.42. The summed E-state index contributed by atoms with van der Waals surface area (Å²) in [7, 11) is -3.39. The SMILES string of the molecule is CC(C)(C)c1ccccc1NC(=O)c1ccc2c(c1)SC1=NS(=O)(=O)CCN12. The van der Waals surface area contributed by atoms with Gasteiger partial charge in [-0.2, -0.15) is 0 Å². The Hall–Kier alpha value is -2.32. The highest BCUT2D eigenvalue weighted by molar-refractivity contribution is 8.15. The fourth-order valence-electron chi connectivity index (χ4n) is 3.31. The lowest BCUT2D eigenvalue weighted by Crippen LogP contribution is -2.35. The third-order valence-electron chi connectivity index (χ3n) is 4.72. The maximum atomic E-state index is 12.9. The molecular weight excluding hydrogens is 394 g/mol. The molecule has 6 nitrogen and oxygen atoms in total. The molecule has 2 aromatic rings. The number of rotatable bonds is 2. The molecule has 0 aromatic heterocycles. The molecule has 1 N–H and O–H groups in total. The van der Waals surface area contributed by atoms with E-state index in [9.17, 15) is 13.2 Å². The van der Waals surface area contributed by atoms with Gasteiger partial charge in [-0.25, -0.2) is 8.42 Å². The standard InChI is InChI=1S/C20H21N3O3S2/c1-20(2,3)14-6-4-5-7-15(14)21-18(24)13-8-9-16-17(12-13)27-19-22-28(25,26)11-10-23(16)19/h4-9,12H,10-11H2,1-3H3,(H,21,24). The Bertz CT molecular complexity index is 1100. The van der Waals surface area contributed by atoms with Crippen LogP contribution in [0.5, 0.6) is 0 Å². The average Bonchev–Trinajstić information content (AvgIpc) is 2.96. The second-order valence-electron chi connectivity index (χ2n) is 7.85. The Labute approximate surface area is 169 Å². The number of anilines is 2. The van der Waals surface area contributed by atoms with Crippen molar-refractivity contribution in [3.05, 3.63) is 53.6 Å². The van der Waals surface area contributed by atoms with Crippen LogP contribution in [0.2, 0.25) is 0 Å². The summed E-state index contributed by atoms with van der Waals surface area (Å²) in [5.74, 6) is -0.193. The van der Waals surface area contributed by atoms with E-state index < -0.39 is 10.0 Å². The summed E-state index contributed by atoms with van der Waals surface area (Å²) in [5.41, 5.74) is 3.18. The number of carbonyl (C=O) groups is 1. The molecule has 0 unspecified atom stereocenters. The summed E-state index contributed by atoms with van der Waals surface area (Å²) in [5, 5.41) is 3.47. The van der Waals surface area contributed by atoms with Crippen molar-refractivity contribution in [2.45, 2.75) is 31.1 Å². The average molecular weight is 416 g/mol. The molecular formula is C20H21N3O3S2. The molecule has 0 saturated heterocycles. The van der Waals surface area contributed by atoms with E-state index >= 15 is 0 Å². The van der Waals surface area contributed by atoms with E-state index in [1.165, 1.54) is 11.8 Å². The number of amidine groups is 1. The largest absolute Gasteiger partial charge is 0.322 e. The first-order chi connectivity index (χ1) is 13.1. The molecule has 0 radical (unpaired) electrons. The van der Waals surface area contributed by atoms with Gasteiger partial charge in [0, 0.05) is 22.7 Å². The minimum atomic E-state index is -3.39. The predicted molar refractivity (Wildman–Crippen MR) is 114 cm³/mol. The fourth-order valence-corrected chi connectivity index (χ4v) is 5.61. The number of amides is 1. The lowest BCUT2D eigenvalue weighted by atomic mass is 9.86. The molecule has 1 amide bonds. The van der Waals surface area contributed by atoms with Crippen LogP contribution in [-0.2, 0) is 15.4 Å². The van der Waals surface area contributed by atoms with Gasteiger partial charge in [0.05, 0.1) is 11.4 Å². The van der Waals surface area contributed by atoms with Gasteiger partial charge in [-0.15, -0.1) is 4.40 Å². The van der Waals surface area contributed by atoms with Crippen LogP contribution < -0.4 is 10.2 Å². The number of sulfonamides is 1. The summed E-state index contributed by atoms with van der Waals surface area (Å²) in [4.78, 5) is 15.6. The van der Waals surface area contributed by atoms with Crippen molar-refractivity contribution in [2.75, 3.05) is 22.5 Å². The first-order valence-electron chi connectivity index (χ1n) is 8.97. The van der Waals surface area contributed by atoms with E-state index in [0.717, 1.165) is 21.8 Å². The number of para-hydroxylation sites is 1. The second kappa shape index (κ2) is 6.63. The minimum Gasteiger partial charge on any atom is -0.322 e. The minimum absolute atomic E-state index is 0.00231. The van der Waals surface area contributed by atoms with Gasteiger partial charge in [-0.1, -0.05) is 39.0 Å². The van der Waals surface area contributed by atoms with Crippen LogP contribution in [0, 0.1) is 0 Å². The number of fused-ring (bicyclic) bond motifs is 3. The Morgan fingerprint density at radius 1 is 1.18 bits per heavy atom. The molecule has 4 rings (SSSR count). The monoisotopic (exact) mass is 415 g/mol. The molecule has 0 saturated carbocycles. The zero-order valence-corrected chi connectivity index (χ0v) is 17.5. The van der Waals surface area contributed by atoms with E-state index in [0.29, 0.717) is 17.3 Å². The fraction of sp³-hybridized carbons (Fsp3) is 0.300. The van der Waals surface area contributed by atoms with E-state index in [1.54, 1.807) is 12.1 Å². The number of thioether (sulfide) groups is 1. The van der Waals surface area contributed by atoms with Crippen LogP contribution in [0.1, 0.15) is 36.7 Å². The molecule has 0 bridgehead atoms. The molecule has 28 heavy (non-hydrogen) atoms. The van der Waals surface area contributed by atoms with Gasteiger partial charge in [0.2, 0.25) is 0 Å². The summed E-state index contributed by atoms with van der Waals surface area (Å²) < 4.78 is 27.3. The number of nitrogens with one attached hydrogen (secondary N) is 1. The predicted octanol–water partition coefficient (Wildman–Crippen LogP) is 3.85. The van der Waals surface area contributed by atoms with E-state index in [2.05, 4.69) is 30.5 Å². The zero-order chi connectivity index (χ0) is 20.1. The van der Waals surface area contributed by atoms with Gasteiger partial charge in [0.1, 0.15) is 0 Å². The summed E-state index contributed by atoms with van der Waals surface area (Å²) >= 11 is 1.28. The van der Waals surface area contributed by atoms with Crippen molar-refractivity contribution in [3.63, 3.8) is 0 Å². The van der Waals surface area contributed by atoms with E-state index in [4.69, 9.17) is 0 Å². The van der Waals surface area contributed by atoms with Crippen LogP contribution in [0.3, 0.4) is 0 Å². The normalized spacial score (nSPS) is 17.5. The lowest BCUT2D eigenvalue weighted by molar-refractivity contribution is 0.102. The van der Waals surface area contributed by atoms with Crippen LogP contribution in [0.15, 0.2) is 51.8 Å². The third-order valence-corrected chi connectivity index (χ3v) is 7.02. The van der Waals surface area contributed by atoms with E-state index in [-0.39, 0.29) is 17.1 Å². The van der Waals surface area contributed by atoms with Gasteiger partial charge in [0.25, 0.3) is 15.9 Å². The van der Waals surface area contributed by atoms with Gasteiger partial charge in [-0.3, -0.25) is 4.79 Å². The Kier molecular flexibility index (Phi) is 4.50. The molecule has 2 aromatic carbocycles. The topological polar surface area (TPSA) is 78.8 Å². The van der Waals surface area contributed by atoms with Crippen LogP contribution >= 0.6 is 11.8 Å². The highest BCUT2D eigenvalue weighted by Gasteiger charge is 2.33. The molecule has 0 spiro atoms. The Morgan fingerprint density at radius 3 is 2.68 bits per heavy atom. The molecule has 0 atom stereocenters. The molecule has 0 aliphatic carbocycles. The third kappa shape index (κ3) is 3.54. The van der Waals surface area contributed by atoms with E-state index in [1.807, 2.05) is 35.2 Å². The number of carbonyl (C=O) groups excluding carboxylic acids is 1. The first-order valence-corrected chi connectivity index (χ1v) is 11.4. The quantitative estimate of drug-likeness (QED) is 0.806. The molecule has 2 aliphatic heterocycles. The maximum Gasteiger partial charge on any atom is 0.257 e. The van der Waals surface area contributed by atoms with Crippen molar-refractivity contribution >= 4 is 44.2 Å². The lowest BCUT2D eigenvalue weighted by Gasteiger charge is -2.23. The number of benzene rings is 2. The van der Waals surface area contributed by atoms with Crippen LogP contribution in [-0.4, -0.2) is 31.8 Å². The van der Waals surface area contributed by atoms with Crippen molar-refractivity contribution in [1.82, 2.24) is 0 Å². The summed E-state index contributed by atoms with van der Waals surface area (Å²) in [6.07, 6.45) is 0. The molecule has 8 heteroatoms. The van der Waals surface area contributed by atoms with Crippen molar-refractivity contribution < 1.29 is 13.2 Å². The molecule has 2 heterocycles. The summed E-state index contributed by atoms with van der Waals surface area (Å²) in [6, 6.07) is 13.2. The second-order valence-corrected chi connectivity index (χ2v) is 10.6. The Balaban J connectivity index is 1.61. The number of nitrogens with zero attached hydrogens (tertiary/aromatic N) is 2.